The summed E-state index contributed by atoms with van der Waals surface area (Å²) in [4.78, 5) is 0. The van der Waals surface area contributed by atoms with E-state index >= 15 is 0 Å². The second kappa shape index (κ2) is 38.3. The van der Waals surface area contributed by atoms with Crippen molar-refractivity contribution in [1.29, 1.82) is 0 Å². The monoisotopic (exact) mass is 623 g/mol. The van der Waals surface area contributed by atoms with E-state index in [1.165, 1.54) is 186 Å². The minimum absolute atomic E-state index is 0. The van der Waals surface area contributed by atoms with Gasteiger partial charge in [0.1, 0.15) is 6.54 Å². The molecule has 0 fully saturated rings. The van der Waals surface area contributed by atoms with Crippen LogP contribution in [0.5, 0.6) is 0 Å². The zero-order chi connectivity index (χ0) is 30.3. The van der Waals surface area contributed by atoms with E-state index in [1.807, 2.05) is 0 Å². The molecule has 44 heavy (non-hydrogen) atoms. The van der Waals surface area contributed by atoms with Crippen LogP contribution in [0, 0.1) is 6.92 Å². The van der Waals surface area contributed by atoms with Crippen LogP contribution in [0.2, 0.25) is 0 Å². The van der Waals surface area contributed by atoms with Gasteiger partial charge in [-0.15, -0.1) is 0 Å². The van der Waals surface area contributed by atoms with Crippen LogP contribution < -0.4 is 4.57 Å². The molecule has 0 amide bonds. The molecule has 0 aliphatic heterocycles. The number of aryl methyl sites for hydroxylation is 2. The van der Waals surface area contributed by atoms with Gasteiger partial charge in [0.05, 0.1) is 27.7 Å². The molecule has 0 spiro atoms. The quantitative estimate of drug-likeness (QED) is 0.0497. The predicted molar refractivity (Wildman–Crippen MR) is 206 cm³/mol. The van der Waals surface area contributed by atoms with Gasteiger partial charge in [0.2, 0.25) is 0 Å². The highest BCUT2D eigenvalue weighted by molar-refractivity contribution is 5.03. The summed E-state index contributed by atoms with van der Waals surface area (Å²) in [6.45, 7) is 9.24. The Balaban J connectivity index is -0.000000370. The highest BCUT2D eigenvalue weighted by Gasteiger charge is 2.05. The average Bonchev–Trinajstić information content (AvgIpc) is 2.94. The van der Waals surface area contributed by atoms with Crippen LogP contribution >= 0.6 is 0 Å². The minimum Gasteiger partial charge on any atom is -0.331 e. The van der Waals surface area contributed by atoms with Crippen molar-refractivity contribution in [2.75, 3.05) is 27.7 Å². The van der Waals surface area contributed by atoms with E-state index in [2.05, 4.69) is 71.0 Å². The van der Waals surface area contributed by atoms with Gasteiger partial charge in [-0.2, -0.15) is 0 Å². The summed E-state index contributed by atoms with van der Waals surface area (Å²) in [5.74, 6) is 0. The molecule has 266 valence electrons. The second-order valence-electron chi connectivity index (χ2n) is 14.1. The van der Waals surface area contributed by atoms with Gasteiger partial charge >= 0.3 is 0 Å². The first kappa shape index (κ1) is 50.0. The first-order valence-corrected chi connectivity index (χ1v) is 18.6. The summed E-state index contributed by atoms with van der Waals surface area (Å²) >= 11 is 0. The molecule has 1 rings (SSSR count). The van der Waals surface area contributed by atoms with Crippen molar-refractivity contribution in [3.05, 3.63) is 30.1 Å². The Morgan fingerprint density at radius 3 is 1.00 bits per heavy atom. The summed E-state index contributed by atoms with van der Waals surface area (Å²) in [7, 11) is 6.86. The number of hydrogen-bond donors (Lipinski definition) is 0. The number of rotatable bonds is 28. The summed E-state index contributed by atoms with van der Waals surface area (Å²) in [6, 6.07) is 4.40. The Hall–Kier alpha value is -0.890. The van der Waals surface area contributed by atoms with Crippen LogP contribution in [0.1, 0.15) is 209 Å². The van der Waals surface area contributed by atoms with Crippen LogP contribution in [-0.2, 0) is 6.54 Å². The molecule has 1 aromatic rings. The summed E-state index contributed by atoms with van der Waals surface area (Å²) < 4.78 is 3.44. The molecule has 0 saturated heterocycles. The lowest BCUT2D eigenvalue weighted by molar-refractivity contribution is -0.870. The van der Waals surface area contributed by atoms with Crippen molar-refractivity contribution >= 4 is 0 Å². The Bertz CT molecular complexity index is 616. The van der Waals surface area contributed by atoms with E-state index in [9.17, 15) is 0 Å². The lowest BCUT2D eigenvalue weighted by atomic mass is 10.0. The molecule has 2 nitrogen and oxygen atoms in total. The van der Waals surface area contributed by atoms with Gasteiger partial charge in [0.15, 0.2) is 12.4 Å². The predicted octanol–water partition coefficient (Wildman–Crippen LogP) is 14.1. The number of nitrogens with zero attached hydrogens (tertiary/aromatic N) is 2. The molecule has 0 saturated carbocycles. The first-order valence-electron chi connectivity index (χ1n) is 18.6. The SMILES string of the molecule is C.C.C.CCCCCCCCCCCCCCCCCC[n+]1ccc(C)cc1.CCCCCCCCCCCC[N+](C)(C)C. The van der Waals surface area contributed by atoms with Crippen molar-refractivity contribution in [1.82, 2.24) is 0 Å². The fourth-order valence-corrected chi connectivity index (χ4v) is 5.60. The fourth-order valence-electron chi connectivity index (χ4n) is 5.60. The Morgan fingerprint density at radius 1 is 0.432 bits per heavy atom. The van der Waals surface area contributed by atoms with Gasteiger partial charge in [0.25, 0.3) is 0 Å². The van der Waals surface area contributed by atoms with Gasteiger partial charge in [-0.3, -0.25) is 0 Å². The molecule has 0 radical (unpaired) electrons. The molecule has 2 heteroatoms. The maximum atomic E-state index is 2.32. The van der Waals surface area contributed by atoms with E-state index in [-0.39, 0.29) is 22.3 Å². The van der Waals surface area contributed by atoms with E-state index in [0.29, 0.717) is 0 Å². The van der Waals surface area contributed by atoms with Crippen molar-refractivity contribution in [2.45, 2.75) is 217 Å². The zero-order valence-corrected chi connectivity index (χ0v) is 29.5. The minimum atomic E-state index is 0. The van der Waals surface area contributed by atoms with Gasteiger partial charge in [-0.25, -0.2) is 4.57 Å². The lowest BCUT2D eigenvalue weighted by Gasteiger charge is -2.23. The average molecular weight is 623 g/mol. The molecule has 0 aliphatic carbocycles. The fraction of sp³-hybridized carbons (Fsp3) is 0.881. The van der Waals surface area contributed by atoms with Gasteiger partial charge < -0.3 is 4.48 Å². The summed E-state index contributed by atoms with van der Waals surface area (Å²) in [6.07, 6.45) is 41.9. The van der Waals surface area contributed by atoms with Crippen LogP contribution in [0.4, 0.5) is 0 Å². The van der Waals surface area contributed by atoms with Crippen LogP contribution in [0.3, 0.4) is 0 Å². The van der Waals surface area contributed by atoms with E-state index in [1.54, 1.807) is 0 Å². The molecular formula is C42H90N2+2. The molecule has 0 bridgehead atoms. The topological polar surface area (TPSA) is 3.88 Å². The third-order valence-electron chi connectivity index (χ3n) is 8.51. The number of pyridine rings is 1. The van der Waals surface area contributed by atoms with E-state index in [0.717, 1.165) is 4.48 Å². The zero-order valence-electron chi connectivity index (χ0n) is 29.5. The van der Waals surface area contributed by atoms with Gasteiger partial charge in [-0.1, -0.05) is 177 Å². The highest BCUT2D eigenvalue weighted by atomic mass is 15.3. The van der Waals surface area contributed by atoms with Crippen LogP contribution in [-0.4, -0.2) is 32.2 Å². The van der Waals surface area contributed by atoms with Crippen molar-refractivity contribution in [3.8, 4) is 0 Å². The third kappa shape index (κ3) is 41.1. The molecule has 0 aromatic carbocycles. The van der Waals surface area contributed by atoms with Gasteiger partial charge in [0, 0.05) is 18.6 Å². The van der Waals surface area contributed by atoms with Gasteiger partial charge in [-0.05, 0) is 31.7 Å². The van der Waals surface area contributed by atoms with Crippen molar-refractivity contribution < 1.29 is 9.05 Å². The lowest BCUT2D eigenvalue weighted by Crippen LogP contribution is -2.35. The molecule has 0 atom stereocenters. The second-order valence-corrected chi connectivity index (χ2v) is 14.1. The maximum Gasteiger partial charge on any atom is 0.169 e. The first-order chi connectivity index (χ1) is 19.9. The summed E-state index contributed by atoms with van der Waals surface area (Å²) in [5.41, 5.74) is 1.35. The highest BCUT2D eigenvalue weighted by Crippen LogP contribution is 2.14. The molecular weight excluding hydrogens is 532 g/mol. The number of unbranched alkanes of at least 4 members (excludes halogenated alkanes) is 24. The van der Waals surface area contributed by atoms with Crippen molar-refractivity contribution in [3.63, 3.8) is 0 Å². The number of aromatic nitrogens is 1. The summed E-state index contributed by atoms with van der Waals surface area (Å²) in [5, 5.41) is 0. The Morgan fingerprint density at radius 2 is 0.705 bits per heavy atom. The molecule has 1 heterocycles. The molecule has 1 aromatic heterocycles. The Kier molecular flexibility index (Phi) is 43.5. The Labute approximate surface area is 282 Å². The smallest absolute Gasteiger partial charge is 0.169 e. The third-order valence-corrected chi connectivity index (χ3v) is 8.51. The molecule has 0 unspecified atom stereocenters. The maximum absolute atomic E-state index is 2.32. The number of quaternary nitrogens is 1. The number of hydrogen-bond acceptors (Lipinski definition) is 0. The largest absolute Gasteiger partial charge is 0.331 e. The van der Waals surface area contributed by atoms with Crippen LogP contribution in [0.25, 0.3) is 0 Å². The normalized spacial score (nSPS) is 10.7. The van der Waals surface area contributed by atoms with E-state index < -0.39 is 0 Å². The van der Waals surface area contributed by atoms with E-state index in [4.69, 9.17) is 0 Å². The standard InChI is InChI=1S/C24H44N.C15H34N.3CH4/c1-3-4-5-6-7-8-9-10-11-12-13-14-15-16-17-18-21-25-22-19-24(2)20-23-25;1-5-6-7-8-9-10-11-12-13-14-15-16(2,3)4;;;/h19-20,22-23H,3-18,21H2,1-2H3;5-15H2,1-4H3;3*1H4/q2*+1;;;. The van der Waals surface area contributed by atoms with Crippen molar-refractivity contribution in [2.24, 2.45) is 0 Å². The molecule has 0 aliphatic rings. The molecule has 0 N–H and O–H groups in total. The van der Waals surface area contributed by atoms with Crippen LogP contribution in [0.15, 0.2) is 24.5 Å².